The Morgan fingerprint density at radius 3 is 3.00 bits per heavy atom. The molecule has 2 aliphatic rings. The molecule has 2 nitrogen and oxygen atoms in total. The maximum Gasteiger partial charge on any atom is 0.0701 e. The molecule has 4 heteroatoms. The fourth-order valence-corrected chi connectivity index (χ4v) is 5.60. The molecular weight excluding hydrogens is 286 g/mol. The minimum atomic E-state index is 0.192. The molecular formula is C16H25NOS2. The highest BCUT2D eigenvalue weighted by Gasteiger charge is 2.41. The number of rotatable bonds is 4. The predicted molar refractivity (Wildman–Crippen MR) is 88.7 cm³/mol. The summed E-state index contributed by atoms with van der Waals surface area (Å²) in [7, 11) is 0. The standard InChI is InChI=1S/C16H25NOS2/c1-2-17-15(14-4-8-20-12-14)13-3-7-18-16(11-13)5-9-19-10-6-16/h4,8,12-13,15,17H,2-3,5-7,9-11H2,1H3. The molecule has 3 rings (SSSR count). The molecule has 2 saturated heterocycles. The topological polar surface area (TPSA) is 21.3 Å². The van der Waals surface area contributed by atoms with Crippen molar-refractivity contribution in [3.63, 3.8) is 0 Å². The van der Waals surface area contributed by atoms with Crippen LogP contribution in [0.5, 0.6) is 0 Å². The van der Waals surface area contributed by atoms with Crippen LogP contribution in [0.2, 0.25) is 0 Å². The summed E-state index contributed by atoms with van der Waals surface area (Å²) < 4.78 is 6.24. The average Bonchev–Trinajstić information content (AvgIpc) is 2.99. The van der Waals surface area contributed by atoms with Crippen molar-refractivity contribution >= 4 is 23.1 Å². The van der Waals surface area contributed by atoms with Gasteiger partial charge >= 0.3 is 0 Å². The van der Waals surface area contributed by atoms with Gasteiger partial charge in [-0.05, 0) is 72.0 Å². The third-order valence-corrected chi connectivity index (χ3v) is 6.42. The lowest BCUT2D eigenvalue weighted by molar-refractivity contribution is -0.107. The van der Waals surface area contributed by atoms with Crippen LogP contribution >= 0.6 is 23.1 Å². The first-order chi connectivity index (χ1) is 9.83. The van der Waals surface area contributed by atoms with Crippen LogP contribution in [0.4, 0.5) is 0 Å². The molecule has 2 atom stereocenters. The van der Waals surface area contributed by atoms with E-state index in [4.69, 9.17) is 4.74 Å². The molecule has 3 heterocycles. The maximum atomic E-state index is 6.24. The highest BCUT2D eigenvalue weighted by atomic mass is 32.2. The van der Waals surface area contributed by atoms with Gasteiger partial charge in [0, 0.05) is 12.6 Å². The third kappa shape index (κ3) is 3.24. The van der Waals surface area contributed by atoms with Crippen LogP contribution < -0.4 is 5.32 Å². The Morgan fingerprint density at radius 2 is 2.30 bits per heavy atom. The lowest BCUT2D eigenvalue weighted by atomic mass is 9.77. The van der Waals surface area contributed by atoms with Crippen molar-refractivity contribution in [2.24, 2.45) is 5.92 Å². The fourth-order valence-electron chi connectivity index (χ4n) is 3.67. The van der Waals surface area contributed by atoms with Crippen molar-refractivity contribution in [2.75, 3.05) is 24.7 Å². The van der Waals surface area contributed by atoms with Crippen molar-refractivity contribution in [3.05, 3.63) is 22.4 Å². The van der Waals surface area contributed by atoms with E-state index in [0.717, 1.165) is 19.1 Å². The average molecular weight is 312 g/mol. The molecule has 2 fully saturated rings. The number of hydrogen-bond acceptors (Lipinski definition) is 4. The summed E-state index contributed by atoms with van der Waals surface area (Å²) in [5, 5.41) is 8.23. The van der Waals surface area contributed by atoms with Crippen LogP contribution in [0.1, 0.15) is 44.2 Å². The Morgan fingerprint density at radius 1 is 1.45 bits per heavy atom. The van der Waals surface area contributed by atoms with Gasteiger partial charge < -0.3 is 10.1 Å². The third-order valence-electron chi connectivity index (χ3n) is 4.73. The molecule has 1 aromatic heterocycles. The van der Waals surface area contributed by atoms with Gasteiger partial charge in [-0.15, -0.1) is 0 Å². The Bertz CT molecular complexity index is 395. The lowest BCUT2D eigenvalue weighted by Crippen LogP contribution is -2.45. The van der Waals surface area contributed by atoms with E-state index in [1.54, 1.807) is 0 Å². The molecule has 1 spiro atoms. The molecule has 0 radical (unpaired) electrons. The van der Waals surface area contributed by atoms with Gasteiger partial charge in [0.2, 0.25) is 0 Å². The van der Waals surface area contributed by atoms with Crippen molar-refractivity contribution in [2.45, 2.75) is 44.2 Å². The highest BCUT2D eigenvalue weighted by molar-refractivity contribution is 7.99. The molecule has 2 aliphatic heterocycles. The first-order valence-electron chi connectivity index (χ1n) is 7.80. The number of nitrogens with one attached hydrogen (secondary N) is 1. The molecule has 2 unspecified atom stereocenters. The van der Waals surface area contributed by atoms with E-state index >= 15 is 0 Å². The van der Waals surface area contributed by atoms with Gasteiger partial charge in [0.25, 0.3) is 0 Å². The molecule has 112 valence electrons. The van der Waals surface area contributed by atoms with Gasteiger partial charge in [-0.2, -0.15) is 23.1 Å². The van der Waals surface area contributed by atoms with Crippen molar-refractivity contribution in [1.29, 1.82) is 0 Å². The largest absolute Gasteiger partial charge is 0.375 e. The quantitative estimate of drug-likeness (QED) is 0.905. The Balaban J connectivity index is 1.73. The molecule has 1 aromatic rings. The first-order valence-corrected chi connectivity index (χ1v) is 9.90. The van der Waals surface area contributed by atoms with Crippen molar-refractivity contribution in [3.8, 4) is 0 Å². The van der Waals surface area contributed by atoms with Crippen molar-refractivity contribution < 1.29 is 4.74 Å². The van der Waals surface area contributed by atoms with Gasteiger partial charge in [0.05, 0.1) is 5.60 Å². The second-order valence-corrected chi connectivity index (χ2v) is 7.99. The normalized spacial score (nSPS) is 27.6. The van der Waals surface area contributed by atoms with E-state index in [9.17, 15) is 0 Å². The Labute approximate surface area is 130 Å². The van der Waals surface area contributed by atoms with Crippen LogP contribution in [0.25, 0.3) is 0 Å². The van der Waals surface area contributed by atoms with Crippen LogP contribution in [-0.2, 0) is 4.74 Å². The first kappa shape index (κ1) is 14.9. The zero-order valence-corrected chi connectivity index (χ0v) is 13.9. The van der Waals surface area contributed by atoms with Gasteiger partial charge in [-0.25, -0.2) is 0 Å². The van der Waals surface area contributed by atoms with Crippen LogP contribution in [0, 0.1) is 5.92 Å². The minimum Gasteiger partial charge on any atom is -0.375 e. The molecule has 0 aliphatic carbocycles. The van der Waals surface area contributed by atoms with E-state index < -0.39 is 0 Å². The van der Waals surface area contributed by atoms with E-state index in [0.29, 0.717) is 6.04 Å². The summed E-state index contributed by atoms with van der Waals surface area (Å²) in [5.74, 6) is 3.27. The second-order valence-electron chi connectivity index (χ2n) is 5.99. The summed E-state index contributed by atoms with van der Waals surface area (Å²) in [6.07, 6.45) is 4.93. The van der Waals surface area contributed by atoms with Crippen LogP contribution in [0.3, 0.4) is 0 Å². The van der Waals surface area contributed by atoms with E-state index in [-0.39, 0.29) is 5.60 Å². The molecule has 0 amide bonds. The van der Waals surface area contributed by atoms with E-state index in [1.807, 2.05) is 11.3 Å². The van der Waals surface area contributed by atoms with Crippen LogP contribution in [0.15, 0.2) is 16.8 Å². The number of ether oxygens (including phenoxy) is 1. The summed E-state index contributed by atoms with van der Waals surface area (Å²) in [6.45, 7) is 4.20. The maximum absolute atomic E-state index is 6.24. The number of thioether (sulfide) groups is 1. The van der Waals surface area contributed by atoms with Crippen LogP contribution in [-0.4, -0.2) is 30.3 Å². The smallest absolute Gasteiger partial charge is 0.0701 e. The summed E-state index contributed by atoms with van der Waals surface area (Å²) in [5.41, 5.74) is 1.67. The molecule has 0 aromatic carbocycles. The zero-order valence-electron chi connectivity index (χ0n) is 12.3. The summed E-state index contributed by atoms with van der Waals surface area (Å²) in [6, 6.07) is 2.80. The predicted octanol–water partition coefficient (Wildman–Crippen LogP) is 4.09. The van der Waals surface area contributed by atoms with E-state index in [2.05, 4.69) is 40.8 Å². The molecule has 20 heavy (non-hydrogen) atoms. The minimum absolute atomic E-state index is 0.192. The van der Waals surface area contributed by atoms with Gasteiger partial charge in [-0.1, -0.05) is 6.92 Å². The van der Waals surface area contributed by atoms with Gasteiger partial charge in [0.15, 0.2) is 0 Å². The zero-order chi connectivity index (χ0) is 13.8. The summed E-state index contributed by atoms with van der Waals surface area (Å²) in [4.78, 5) is 0. The summed E-state index contributed by atoms with van der Waals surface area (Å²) >= 11 is 3.90. The molecule has 0 saturated carbocycles. The lowest BCUT2D eigenvalue weighted by Gasteiger charge is -2.45. The second kappa shape index (κ2) is 6.82. The monoisotopic (exact) mass is 311 g/mol. The molecule has 1 N–H and O–H groups in total. The van der Waals surface area contributed by atoms with Gasteiger partial charge in [0.1, 0.15) is 0 Å². The molecule has 0 bridgehead atoms. The van der Waals surface area contributed by atoms with Crippen molar-refractivity contribution in [1.82, 2.24) is 5.32 Å². The fraction of sp³-hybridized carbons (Fsp3) is 0.750. The number of hydrogen-bond donors (Lipinski definition) is 1. The Kier molecular flexibility index (Phi) is 5.08. The Hall–Kier alpha value is -0.0300. The highest BCUT2D eigenvalue weighted by Crippen LogP contribution is 2.43. The van der Waals surface area contributed by atoms with E-state index in [1.165, 1.54) is 42.8 Å². The SMILES string of the molecule is CCNC(c1ccsc1)C1CCOC2(CCSCC2)C1. The van der Waals surface area contributed by atoms with Gasteiger partial charge in [-0.3, -0.25) is 0 Å². The number of thiophene rings is 1.